The summed E-state index contributed by atoms with van der Waals surface area (Å²) in [6.45, 7) is 1.67. The van der Waals surface area contributed by atoms with Crippen LogP contribution in [-0.2, 0) is 19.9 Å². The first kappa shape index (κ1) is 15.0. The van der Waals surface area contributed by atoms with Crippen LogP contribution >= 0.6 is 0 Å². The van der Waals surface area contributed by atoms with E-state index in [4.69, 9.17) is 0 Å². The minimum Gasteiger partial charge on any atom is -0.504 e. The number of anilines is 1. The molecule has 2 heterocycles. The van der Waals surface area contributed by atoms with Gasteiger partial charge in [-0.05, 0) is 31.9 Å². The molecule has 1 saturated heterocycles. The Morgan fingerprint density at radius 2 is 1.90 bits per heavy atom. The van der Waals surface area contributed by atoms with Crippen molar-refractivity contribution in [1.82, 2.24) is 4.98 Å². The van der Waals surface area contributed by atoms with Crippen LogP contribution in [0.1, 0.15) is 18.5 Å². The molecule has 0 atom stereocenters. The fourth-order valence-corrected chi connectivity index (χ4v) is 5.25. The molecule has 0 amide bonds. The molecule has 0 aliphatic carbocycles. The Balaban J connectivity index is 2.18. The van der Waals surface area contributed by atoms with Gasteiger partial charge < -0.3 is 5.11 Å². The van der Waals surface area contributed by atoms with Crippen LogP contribution in [-0.4, -0.2) is 43.7 Å². The van der Waals surface area contributed by atoms with Crippen molar-refractivity contribution in [1.29, 1.82) is 0 Å². The number of aromatic nitrogens is 1. The Labute approximate surface area is 118 Å². The van der Waals surface area contributed by atoms with Crippen LogP contribution in [0.5, 0.6) is 5.75 Å². The third-order valence-corrected chi connectivity index (χ3v) is 6.73. The fourth-order valence-electron chi connectivity index (χ4n) is 2.02. The lowest BCUT2D eigenvalue weighted by Crippen LogP contribution is -2.36. The molecule has 0 bridgehead atoms. The van der Waals surface area contributed by atoms with E-state index in [0.29, 0.717) is 5.69 Å². The van der Waals surface area contributed by atoms with Crippen LogP contribution in [0.3, 0.4) is 0 Å². The van der Waals surface area contributed by atoms with E-state index in [1.165, 1.54) is 6.07 Å². The number of aromatic hydroxyl groups is 1. The van der Waals surface area contributed by atoms with Gasteiger partial charge in [0, 0.05) is 5.69 Å². The van der Waals surface area contributed by atoms with Gasteiger partial charge in [-0.25, -0.2) is 21.8 Å². The van der Waals surface area contributed by atoms with Gasteiger partial charge in [0.1, 0.15) is 9.84 Å². The van der Waals surface area contributed by atoms with Crippen molar-refractivity contribution in [3.8, 4) is 5.75 Å². The Kier molecular flexibility index (Phi) is 3.92. The Morgan fingerprint density at radius 1 is 1.30 bits per heavy atom. The van der Waals surface area contributed by atoms with Gasteiger partial charge in [0.15, 0.2) is 11.6 Å². The fraction of sp³-hybridized carbons (Fsp3) is 0.545. The van der Waals surface area contributed by atoms with E-state index in [1.54, 1.807) is 13.0 Å². The number of hydrogen-bond acceptors (Lipinski definition) is 6. The first-order valence-electron chi connectivity index (χ1n) is 6.08. The Morgan fingerprint density at radius 3 is 2.50 bits per heavy atom. The second-order valence-electron chi connectivity index (χ2n) is 4.82. The highest BCUT2D eigenvalue weighted by molar-refractivity contribution is 7.94. The predicted molar refractivity (Wildman–Crippen MR) is 74.9 cm³/mol. The molecule has 2 N–H and O–H groups in total. The number of nitrogens with zero attached hydrogens (tertiary/aromatic N) is 1. The third-order valence-electron chi connectivity index (χ3n) is 3.19. The highest BCUT2D eigenvalue weighted by atomic mass is 32.2. The topological polar surface area (TPSA) is 113 Å². The zero-order valence-electron chi connectivity index (χ0n) is 10.9. The van der Waals surface area contributed by atoms with E-state index < -0.39 is 25.1 Å². The molecule has 20 heavy (non-hydrogen) atoms. The largest absolute Gasteiger partial charge is 0.504 e. The van der Waals surface area contributed by atoms with Crippen LogP contribution in [0, 0.1) is 6.92 Å². The van der Waals surface area contributed by atoms with E-state index in [-0.39, 0.29) is 35.9 Å². The van der Waals surface area contributed by atoms with Crippen LogP contribution in [0.2, 0.25) is 0 Å². The molecule has 112 valence electrons. The summed E-state index contributed by atoms with van der Waals surface area (Å²) in [5.74, 6) is -0.654. The molecular formula is C11H16N2O5S2. The van der Waals surface area contributed by atoms with Crippen molar-refractivity contribution in [2.24, 2.45) is 0 Å². The summed E-state index contributed by atoms with van der Waals surface area (Å²) in [6.07, 6.45) is 0.120. The van der Waals surface area contributed by atoms with Crippen molar-refractivity contribution >= 4 is 25.7 Å². The second-order valence-corrected chi connectivity index (χ2v) is 9.08. The van der Waals surface area contributed by atoms with Gasteiger partial charge >= 0.3 is 0 Å². The number of aryl methyl sites for hydroxylation is 1. The molecule has 1 aliphatic rings. The monoisotopic (exact) mass is 320 g/mol. The first-order chi connectivity index (χ1) is 9.20. The van der Waals surface area contributed by atoms with Crippen molar-refractivity contribution < 1.29 is 21.9 Å². The summed E-state index contributed by atoms with van der Waals surface area (Å²) in [7, 11) is -6.88. The molecule has 0 saturated carbocycles. The van der Waals surface area contributed by atoms with Crippen molar-refractivity contribution in [2.75, 3.05) is 16.2 Å². The van der Waals surface area contributed by atoms with Gasteiger partial charge in [0.05, 0.1) is 16.8 Å². The first-order valence-corrected chi connectivity index (χ1v) is 9.45. The summed E-state index contributed by atoms with van der Waals surface area (Å²) in [4.78, 5) is 3.92. The van der Waals surface area contributed by atoms with Gasteiger partial charge in [-0.15, -0.1) is 0 Å². The molecule has 0 aromatic carbocycles. The van der Waals surface area contributed by atoms with Gasteiger partial charge in [-0.3, -0.25) is 4.72 Å². The molecule has 2 rings (SSSR count). The van der Waals surface area contributed by atoms with E-state index in [2.05, 4.69) is 9.71 Å². The van der Waals surface area contributed by atoms with Crippen molar-refractivity contribution in [3.63, 3.8) is 0 Å². The molecule has 9 heteroatoms. The lowest BCUT2D eigenvalue weighted by Gasteiger charge is -2.22. The van der Waals surface area contributed by atoms with Crippen LogP contribution in [0.4, 0.5) is 5.82 Å². The van der Waals surface area contributed by atoms with Crippen LogP contribution in [0.15, 0.2) is 12.1 Å². The van der Waals surface area contributed by atoms with E-state index >= 15 is 0 Å². The lowest BCUT2D eigenvalue weighted by atomic mass is 10.2. The van der Waals surface area contributed by atoms with Crippen LogP contribution < -0.4 is 4.72 Å². The normalized spacial score (nSPS) is 19.6. The SMILES string of the molecule is Cc1ccc(O)c(NS(=O)(=O)C2CCS(=O)(=O)CC2)n1. The minimum atomic E-state index is -3.76. The standard InChI is InChI=1S/C11H16N2O5S2/c1-8-2-3-10(14)11(12-8)13-20(17,18)9-4-6-19(15,16)7-5-9/h2-3,9,14H,4-7H2,1H3,(H,12,13). The molecule has 7 nitrogen and oxygen atoms in total. The molecular weight excluding hydrogens is 304 g/mol. The second kappa shape index (κ2) is 5.21. The van der Waals surface area contributed by atoms with Gasteiger partial charge in [0.25, 0.3) is 0 Å². The zero-order chi connectivity index (χ0) is 15.0. The third kappa shape index (κ3) is 3.40. The van der Waals surface area contributed by atoms with Gasteiger partial charge in [-0.2, -0.15) is 0 Å². The minimum absolute atomic E-state index is 0.0598. The average Bonchev–Trinajstić information content (AvgIpc) is 2.33. The number of nitrogens with one attached hydrogen (secondary N) is 1. The molecule has 1 aliphatic heterocycles. The van der Waals surface area contributed by atoms with Crippen molar-refractivity contribution in [3.05, 3.63) is 17.8 Å². The summed E-state index contributed by atoms with van der Waals surface area (Å²) >= 11 is 0. The maximum Gasteiger partial charge on any atom is 0.236 e. The number of pyridine rings is 1. The highest BCUT2D eigenvalue weighted by Gasteiger charge is 2.33. The van der Waals surface area contributed by atoms with Gasteiger partial charge in [0.2, 0.25) is 10.0 Å². The quantitative estimate of drug-likeness (QED) is 0.834. The number of sulfone groups is 1. The predicted octanol–water partition coefficient (Wildman–Crippen LogP) is 0.415. The summed E-state index contributed by atoms with van der Waals surface area (Å²) < 4.78 is 49.2. The molecule has 0 unspecified atom stereocenters. The zero-order valence-corrected chi connectivity index (χ0v) is 12.5. The van der Waals surface area contributed by atoms with Crippen LogP contribution in [0.25, 0.3) is 0 Å². The van der Waals surface area contributed by atoms with E-state index in [0.717, 1.165) is 0 Å². The molecule has 0 radical (unpaired) electrons. The summed E-state index contributed by atoms with van der Waals surface area (Å²) in [5.41, 5.74) is 0.562. The number of rotatable bonds is 3. The molecule has 1 fully saturated rings. The molecule has 0 spiro atoms. The maximum absolute atomic E-state index is 12.2. The van der Waals surface area contributed by atoms with E-state index in [1.807, 2.05) is 0 Å². The maximum atomic E-state index is 12.2. The number of hydrogen-bond donors (Lipinski definition) is 2. The Bertz CT molecular complexity index is 698. The molecule has 1 aromatic heterocycles. The smallest absolute Gasteiger partial charge is 0.236 e. The highest BCUT2D eigenvalue weighted by Crippen LogP contribution is 2.25. The van der Waals surface area contributed by atoms with Gasteiger partial charge in [-0.1, -0.05) is 0 Å². The summed E-state index contributed by atoms with van der Waals surface area (Å²) in [5, 5.41) is 8.81. The number of sulfonamides is 1. The lowest BCUT2D eigenvalue weighted by molar-refractivity contribution is 0.475. The summed E-state index contributed by atoms with van der Waals surface area (Å²) in [6, 6.07) is 2.91. The van der Waals surface area contributed by atoms with Crippen molar-refractivity contribution in [2.45, 2.75) is 25.0 Å². The average molecular weight is 320 g/mol. The van der Waals surface area contributed by atoms with E-state index in [9.17, 15) is 21.9 Å². The Hall–Kier alpha value is -1.35. The molecule has 1 aromatic rings.